The second kappa shape index (κ2) is 6.31. The van der Waals surface area contributed by atoms with E-state index >= 15 is 0 Å². The molecule has 0 aromatic heterocycles. The first-order valence-electron chi connectivity index (χ1n) is 7.38. The first kappa shape index (κ1) is 15.4. The molecule has 0 radical (unpaired) electrons. The lowest BCUT2D eigenvalue weighted by Gasteiger charge is -2.32. The van der Waals surface area contributed by atoms with E-state index < -0.39 is 5.54 Å². The molecule has 0 bridgehead atoms. The van der Waals surface area contributed by atoms with Gasteiger partial charge in [-0.3, -0.25) is 10.1 Å². The number of benzene rings is 1. The van der Waals surface area contributed by atoms with Crippen LogP contribution < -0.4 is 5.32 Å². The Labute approximate surface area is 138 Å². The average Bonchev–Trinajstić information content (AvgIpc) is 3.36. The van der Waals surface area contributed by atoms with Gasteiger partial charge in [-0.2, -0.15) is 0 Å². The summed E-state index contributed by atoms with van der Waals surface area (Å²) in [6, 6.07) is 8.71. The first-order valence-corrected chi connectivity index (χ1v) is 9.16. The second-order valence-electron chi connectivity index (χ2n) is 5.90. The Balaban J connectivity index is 1.75. The number of rotatable bonds is 7. The van der Waals surface area contributed by atoms with Crippen molar-refractivity contribution in [2.45, 2.75) is 42.2 Å². The predicted molar refractivity (Wildman–Crippen MR) is 88.5 cm³/mol. The van der Waals surface area contributed by atoms with Gasteiger partial charge in [0, 0.05) is 21.2 Å². The number of thioether (sulfide) groups is 1. The van der Waals surface area contributed by atoms with Crippen LogP contribution >= 0.6 is 27.7 Å². The summed E-state index contributed by atoms with van der Waals surface area (Å²) in [5.41, 5.74) is -0.511. The van der Waals surface area contributed by atoms with Crippen molar-refractivity contribution in [2.75, 3.05) is 12.9 Å². The van der Waals surface area contributed by atoms with E-state index in [4.69, 9.17) is 4.74 Å². The summed E-state index contributed by atoms with van der Waals surface area (Å²) in [6.45, 7) is 0. The fraction of sp³-hybridized carbons (Fsp3) is 0.562. The van der Waals surface area contributed by atoms with Crippen LogP contribution in [0.25, 0.3) is 0 Å². The van der Waals surface area contributed by atoms with E-state index in [1.807, 2.05) is 12.1 Å². The van der Waals surface area contributed by atoms with E-state index in [0.717, 1.165) is 23.1 Å². The molecule has 0 saturated heterocycles. The van der Waals surface area contributed by atoms with Gasteiger partial charge in [-0.25, -0.2) is 0 Å². The molecule has 0 spiro atoms. The minimum atomic E-state index is -0.511. The molecule has 3 rings (SSSR count). The normalized spacial score (nSPS) is 20.9. The summed E-state index contributed by atoms with van der Waals surface area (Å²) in [5.74, 6) is 1.06. The van der Waals surface area contributed by atoms with E-state index in [1.165, 1.54) is 24.8 Å². The number of hydrogen-bond acceptors (Lipinski definition) is 4. The maximum Gasteiger partial charge on any atom is 0.327 e. The predicted octanol–water partition coefficient (Wildman–Crippen LogP) is 3.62. The summed E-state index contributed by atoms with van der Waals surface area (Å²) in [6.07, 6.45) is 4.59. The molecule has 114 valence electrons. The summed E-state index contributed by atoms with van der Waals surface area (Å²) in [5, 5.41) is 3.59. The summed E-state index contributed by atoms with van der Waals surface area (Å²) in [7, 11) is 1.50. The van der Waals surface area contributed by atoms with Crippen LogP contribution in [0.15, 0.2) is 33.6 Å². The van der Waals surface area contributed by atoms with Crippen molar-refractivity contribution in [1.29, 1.82) is 0 Å². The molecule has 1 N–H and O–H groups in total. The topological polar surface area (TPSA) is 38.3 Å². The van der Waals surface area contributed by atoms with Gasteiger partial charge in [0.25, 0.3) is 0 Å². The van der Waals surface area contributed by atoms with Crippen LogP contribution in [0.4, 0.5) is 0 Å². The minimum Gasteiger partial charge on any atom is -0.468 e. The molecule has 1 atom stereocenters. The molecule has 2 fully saturated rings. The fourth-order valence-electron chi connectivity index (χ4n) is 2.67. The highest BCUT2D eigenvalue weighted by Gasteiger charge is 2.53. The molecule has 2 saturated carbocycles. The number of halogens is 1. The van der Waals surface area contributed by atoms with Gasteiger partial charge in [-0.05, 0) is 49.8 Å². The molecule has 21 heavy (non-hydrogen) atoms. The lowest BCUT2D eigenvalue weighted by atomic mass is 9.95. The van der Waals surface area contributed by atoms with Gasteiger partial charge in [-0.1, -0.05) is 22.0 Å². The van der Waals surface area contributed by atoms with Gasteiger partial charge < -0.3 is 4.74 Å². The summed E-state index contributed by atoms with van der Waals surface area (Å²) < 4.78 is 6.20. The molecular weight excluding hydrogens is 350 g/mol. The SMILES string of the molecule is COC(=O)C(CSc1cccc(Br)c1)(NC1CC1)C1CC1. The standard InChI is InChI=1S/C16H20BrNO2S/c1-20-15(19)16(11-5-6-11,18-13-7-8-13)10-21-14-4-2-3-12(17)9-14/h2-4,9,11,13,18H,5-8,10H2,1H3. The monoisotopic (exact) mass is 369 g/mol. The minimum absolute atomic E-state index is 0.0978. The van der Waals surface area contributed by atoms with Crippen LogP contribution in [-0.4, -0.2) is 30.4 Å². The van der Waals surface area contributed by atoms with Crippen LogP contribution in [-0.2, 0) is 9.53 Å². The lowest BCUT2D eigenvalue weighted by molar-refractivity contribution is -0.148. The Bertz CT molecular complexity index is 531. The van der Waals surface area contributed by atoms with Gasteiger partial charge in [0.1, 0.15) is 5.54 Å². The van der Waals surface area contributed by atoms with Crippen molar-refractivity contribution in [3.63, 3.8) is 0 Å². The third-order valence-corrected chi connectivity index (χ3v) is 5.81. The van der Waals surface area contributed by atoms with Gasteiger partial charge in [0.15, 0.2) is 0 Å². The molecule has 0 amide bonds. The summed E-state index contributed by atoms with van der Waals surface area (Å²) in [4.78, 5) is 13.6. The van der Waals surface area contributed by atoms with Crippen molar-refractivity contribution < 1.29 is 9.53 Å². The Morgan fingerprint density at radius 1 is 1.43 bits per heavy atom. The van der Waals surface area contributed by atoms with Gasteiger partial charge in [0.05, 0.1) is 7.11 Å². The molecule has 5 heteroatoms. The number of esters is 1. The number of carbonyl (C=O) groups excluding carboxylic acids is 1. The number of nitrogens with one attached hydrogen (secondary N) is 1. The van der Waals surface area contributed by atoms with E-state index in [-0.39, 0.29) is 5.97 Å². The van der Waals surface area contributed by atoms with Crippen LogP contribution in [0.5, 0.6) is 0 Å². The van der Waals surface area contributed by atoms with Crippen molar-refractivity contribution in [3.05, 3.63) is 28.7 Å². The van der Waals surface area contributed by atoms with E-state index in [9.17, 15) is 4.79 Å². The quantitative estimate of drug-likeness (QED) is 0.588. The largest absolute Gasteiger partial charge is 0.468 e. The molecule has 0 aliphatic heterocycles. The number of methoxy groups -OCH3 is 1. The Hall–Kier alpha value is -0.520. The molecule has 2 aliphatic rings. The molecule has 0 heterocycles. The van der Waals surface area contributed by atoms with Crippen molar-refractivity contribution >= 4 is 33.7 Å². The molecule has 2 aliphatic carbocycles. The second-order valence-corrected chi connectivity index (χ2v) is 7.87. The molecule has 1 aromatic rings. The van der Waals surface area contributed by atoms with Crippen LogP contribution in [0.1, 0.15) is 25.7 Å². The van der Waals surface area contributed by atoms with Gasteiger partial charge in [-0.15, -0.1) is 11.8 Å². The zero-order valence-corrected chi connectivity index (χ0v) is 14.5. The summed E-state index contributed by atoms with van der Waals surface area (Å²) >= 11 is 5.23. The Morgan fingerprint density at radius 2 is 2.19 bits per heavy atom. The molecule has 1 unspecified atom stereocenters. The van der Waals surface area contributed by atoms with Crippen LogP contribution in [0, 0.1) is 5.92 Å². The zero-order chi connectivity index (χ0) is 14.9. The van der Waals surface area contributed by atoms with E-state index in [1.54, 1.807) is 11.8 Å². The van der Waals surface area contributed by atoms with Crippen LogP contribution in [0.3, 0.4) is 0 Å². The third-order valence-electron chi connectivity index (χ3n) is 4.13. The molecular formula is C16H20BrNO2S. The smallest absolute Gasteiger partial charge is 0.327 e. The lowest BCUT2D eigenvalue weighted by Crippen LogP contribution is -2.57. The van der Waals surface area contributed by atoms with Crippen molar-refractivity contribution in [1.82, 2.24) is 5.32 Å². The first-order chi connectivity index (χ1) is 10.1. The Morgan fingerprint density at radius 3 is 2.76 bits per heavy atom. The van der Waals surface area contributed by atoms with Crippen molar-refractivity contribution in [2.24, 2.45) is 5.92 Å². The van der Waals surface area contributed by atoms with Crippen molar-refractivity contribution in [3.8, 4) is 0 Å². The highest BCUT2D eigenvalue weighted by Crippen LogP contribution is 2.44. The highest BCUT2D eigenvalue weighted by atomic mass is 79.9. The third kappa shape index (κ3) is 3.63. The highest BCUT2D eigenvalue weighted by molar-refractivity contribution is 9.10. The van der Waals surface area contributed by atoms with Crippen LogP contribution in [0.2, 0.25) is 0 Å². The van der Waals surface area contributed by atoms with E-state index in [0.29, 0.717) is 12.0 Å². The molecule has 1 aromatic carbocycles. The van der Waals surface area contributed by atoms with E-state index in [2.05, 4.69) is 33.4 Å². The molecule has 3 nitrogen and oxygen atoms in total. The number of hydrogen-bond donors (Lipinski definition) is 1. The number of carbonyl (C=O) groups is 1. The van der Waals surface area contributed by atoms with Gasteiger partial charge >= 0.3 is 5.97 Å². The van der Waals surface area contributed by atoms with Gasteiger partial charge in [0.2, 0.25) is 0 Å². The Kier molecular flexibility index (Phi) is 4.62. The maximum atomic E-state index is 12.5. The zero-order valence-electron chi connectivity index (χ0n) is 12.1. The maximum absolute atomic E-state index is 12.5. The number of ether oxygens (including phenoxy) is 1. The fourth-order valence-corrected chi connectivity index (χ4v) is 4.43. The average molecular weight is 370 g/mol.